The molecule has 2 fully saturated rings. The van der Waals surface area contributed by atoms with Gasteiger partial charge in [0.2, 0.25) is 0 Å². The molecule has 31 heteroatoms. The molecule has 0 aromatic carbocycles. The Morgan fingerprint density at radius 3 is 0.817 bits per heavy atom. The zero-order valence-corrected chi connectivity index (χ0v) is 38.7. The summed E-state index contributed by atoms with van der Waals surface area (Å²) in [5, 5.41) is 0.858. The molecule has 380 valence electrons. The van der Waals surface area contributed by atoms with Gasteiger partial charge in [0.05, 0.1) is 45.3 Å². The monoisotopic (exact) mass is 1140 g/mol. The van der Waals surface area contributed by atoms with Crippen molar-refractivity contribution in [1.82, 2.24) is 40.0 Å². The van der Waals surface area contributed by atoms with Crippen molar-refractivity contribution in [3.05, 3.63) is 145 Å². The van der Waals surface area contributed by atoms with Crippen LogP contribution in [0.15, 0.2) is 134 Å². The zero-order valence-electron chi connectivity index (χ0n) is 35.2. The van der Waals surface area contributed by atoms with Gasteiger partial charge in [0.1, 0.15) is 0 Å². The van der Waals surface area contributed by atoms with E-state index < -0.39 is 51.2 Å². The van der Waals surface area contributed by atoms with Crippen molar-refractivity contribution in [2.75, 3.05) is 0 Å². The van der Waals surface area contributed by atoms with Crippen LogP contribution in [0.1, 0.15) is 46.4 Å². The normalized spacial score (nSPS) is 15.0. The van der Waals surface area contributed by atoms with E-state index in [1.807, 2.05) is 72.8 Å². The number of amides is 4. The molecule has 0 aliphatic carbocycles. The van der Waals surface area contributed by atoms with Crippen LogP contribution in [0.25, 0.3) is 34.2 Å². The molecular weight excluding hydrogens is 1110 g/mol. The second kappa shape index (κ2) is 21.8. The molecule has 0 atom stereocenters. The number of aromatic nitrogens is 6. The maximum absolute atomic E-state index is 12.3. The van der Waals surface area contributed by atoms with Crippen molar-refractivity contribution in [3.8, 4) is 34.2 Å². The van der Waals surface area contributed by atoms with Gasteiger partial charge in [-0.05, 0) is 72.8 Å². The predicted octanol–water partition coefficient (Wildman–Crippen LogP) is 11.6. The number of carbonyl (C=O) groups excluding carboxylic acids is 6. The third-order valence-corrected chi connectivity index (χ3v) is 7.80. The van der Waals surface area contributed by atoms with Crippen LogP contribution in [0.4, 0.5) is 50.4 Å². The average Bonchev–Trinajstić information content (AvgIpc) is 3.79. The van der Waals surface area contributed by atoms with Crippen molar-refractivity contribution in [2.45, 2.75) is 25.7 Å². The Labute approximate surface area is 403 Å². The van der Waals surface area contributed by atoms with Crippen LogP contribution < -0.4 is 0 Å². The first kappa shape index (κ1) is 58.1. The zero-order chi connectivity index (χ0) is 52.1. The smallest absolute Gasteiger partial charge is 0.325 e. The third-order valence-electron chi connectivity index (χ3n) is 7.80. The molecule has 4 amide bonds. The molecule has 16 nitrogen and oxygen atoms in total. The van der Waals surface area contributed by atoms with E-state index in [0.29, 0.717) is 10.1 Å². The van der Waals surface area contributed by atoms with Gasteiger partial charge in [-0.3, -0.25) is 49.1 Å². The van der Waals surface area contributed by atoms with E-state index in [-0.39, 0.29) is 67.7 Å². The molecule has 0 radical (unpaired) electrons. The Bertz CT molecular complexity index is 2530. The number of nitrogens with zero attached hydrogens (tertiary/aromatic N) is 8. The Morgan fingerprint density at radius 2 is 0.606 bits per heavy atom. The van der Waals surface area contributed by atoms with Crippen molar-refractivity contribution in [2.24, 2.45) is 0 Å². The summed E-state index contributed by atoms with van der Waals surface area (Å²) in [4.78, 5) is 106. The number of pyridine rings is 6. The SMILES string of the molecule is F[P-](F)(F)(F)(F)F.F[P-](F)(F)(F)(F)F.O=C(ON1C(=O)CCC1=O)c1ccnc(-c2cc(C(=O)ON3C(=O)CCC3=O)ccn2)c1.[Ru+2].c1ccc(-c2ccccn2)nc1.c1ccc(-c2ccccn2)nc1. The molecule has 6 aromatic heterocycles. The van der Waals surface area contributed by atoms with Crippen molar-refractivity contribution < 1.29 is 108 Å². The number of hydrogen-bond donors (Lipinski definition) is 0. The summed E-state index contributed by atoms with van der Waals surface area (Å²) in [5.74, 6) is -4.33. The minimum absolute atomic E-state index is 0. The van der Waals surface area contributed by atoms with Crippen LogP contribution >= 0.6 is 15.6 Å². The van der Waals surface area contributed by atoms with Crippen molar-refractivity contribution in [1.29, 1.82) is 0 Å². The first-order valence-corrected chi connectivity index (χ1v) is 23.1. The Hall–Kier alpha value is -7.24. The van der Waals surface area contributed by atoms with Crippen LogP contribution in [0, 0.1) is 0 Å². The van der Waals surface area contributed by atoms with E-state index in [1.165, 1.54) is 36.7 Å². The molecular formula is C40H30F12N8O8P2Ru. The standard InChI is InChI=1S/C20H14N4O8.2C10H8N2.2F6P.Ru/c25-15-1-2-16(26)23(15)31-19(29)11-5-7-21-13(9-11)14-10-12(6-8-22-14)20(30)32-24-17(27)3-4-18(24)28;2*1-3-7-11-9(5-1)10-6-2-4-8-12-10;2*1-7(2,3,4,5)6;/h5-10H,1-4H2;2*1-8H;;;/q;;;2*-1;+2. The molecule has 2 saturated heterocycles. The Morgan fingerprint density at radius 1 is 0.380 bits per heavy atom. The molecule has 6 aromatic rings. The second-order valence-corrected chi connectivity index (χ2v) is 17.4. The van der Waals surface area contributed by atoms with Crippen molar-refractivity contribution in [3.63, 3.8) is 0 Å². The summed E-state index contributed by atoms with van der Waals surface area (Å²) < 4.78 is 118. The fraction of sp³-hybridized carbons (Fsp3) is 0.100. The number of carbonyl (C=O) groups is 6. The summed E-state index contributed by atoms with van der Waals surface area (Å²) in [6, 6.07) is 28.4. The van der Waals surface area contributed by atoms with Gasteiger partial charge in [0.25, 0.3) is 23.6 Å². The van der Waals surface area contributed by atoms with Gasteiger partial charge in [0.15, 0.2) is 0 Å². The number of imide groups is 2. The molecule has 2 aliphatic rings. The molecule has 8 heterocycles. The van der Waals surface area contributed by atoms with E-state index in [2.05, 4.69) is 29.9 Å². The summed E-state index contributed by atoms with van der Waals surface area (Å²) in [6.07, 6.45) is 9.51. The van der Waals surface area contributed by atoms with Gasteiger partial charge in [-0.15, -0.1) is 10.1 Å². The number of hydroxylamine groups is 4. The van der Waals surface area contributed by atoms with E-state index >= 15 is 0 Å². The molecule has 2 aliphatic heterocycles. The Balaban J connectivity index is 0.000000278. The number of halogens is 12. The van der Waals surface area contributed by atoms with E-state index in [4.69, 9.17) is 9.68 Å². The molecule has 71 heavy (non-hydrogen) atoms. The van der Waals surface area contributed by atoms with Crippen LogP contribution in [0.2, 0.25) is 0 Å². The fourth-order valence-electron chi connectivity index (χ4n) is 5.04. The predicted molar refractivity (Wildman–Crippen MR) is 223 cm³/mol. The Kier molecular flexibility index (Phi) is 17.8. The van der Waals surface area contributed by atoms with Gasteiger partial charge >= 0.3 is 97.4 Å². The first-order valence-electron chi connectivity index (χ1n) is 19.0. The van der Waals surface area contributed by atoms with Crippen molar-refractivity contribution >= 4 is 51.2 Å². The molecule has 8 rings (SSSR count). The summed E-state index contributed by atoms with van der Waals surface area (Å²) in [7, 11) is -21.3. The molecule has 0 N–H and O–H groups in total. The topological polar surface area (TPSA) is 205 Å². The first-order chi connectivity index (χ1) is 32.2. The number of hydrogen-bond acceptors (Lipinski definition) is 14. The van der Waals surface area contributed by atoms with E-state index in [1.54, 1.807) is 24.8 Å². The van der Waals surface area contributed by atoms with Gasteiger partial charge < -0.3 is 9.68 Å². The van der Waals surface area contributed by atoms with Crippen LogP contribution in [-0.4, -0.2) is 75.6 Å². The average molecular weight is 1140 g/mol. The quantitative estimate of drug-likeness (QED) is 0.0631. The molecule has 0 spiro atoms. The van der Waals surface area contributed by atoms with Gasteiger partial charge in [-0.2, -0.15) is 0 Å². The van der Waals surface area contributed by atoms with E-state index in [9.17, 15) is 79.1 Å². The van der Waals surface area contributed by atoms with Crippen LogP contribution in [0.3, 0.4) is 0 Å². The van der Waals surface area contributed by atoms with E-state index in [0.717, 1.165) is 22.8 Å². The number of rotatable bonds is 7. The van der Waals surface area contributed by atoms with Gasteiger partial charge in [0, 0.05) is 62.9 Å². The van der Waals surface area contributed by atoms with Crippen LogP contribution in [0.5, 0.6) is 0 Å². The summed E-state index contributed by atoms with van der Waals surface area (Å²) >= 11 is 0. The molecule has 0 saturated carbocycles. The fourth-order valence-corrected chi connectivity index (χ4v) is 5.04. The van der Waals surface area contributed by atoms with Gasteiger partial charge in [-0.1, -0.05) is 24.3 Å². The minimum Gasteiger partial charge on any atom is -0.325 e. The summed E-state index contributed by atoms with van der Waals surface area (Å²) in [6.45, 7) is 0. The molecule has 0 bridgehead atoms. The van der Waals surface area contributed by atoms with Gasteiger partial charge in [-0.25, -0.2) is 9.59 Å². The maximum atomic E-state index is 12.3. The molecule has 0 unspecified atom stereocenters. The summed E-state index contributed by atoms with van der Waals surface area (Å²) in [5.41, 5.74) is 4.01. The van der Waals surface area contributed by atoms with Crippen LogP contribution in [-0.2, 0) is 48.3 Å². The minimum atomic E-state index is -10.7. The second-order valence-electron chi connectivity index (χ2n) is 13.6. The maximum Gasteiger partial charge on any atom is 2.00 e. The third kappa shape index (κ3) is 23.8. The largest absolute Gasteiger partial charge is 2.00 e.